The summed E-state index contributed by atoms with van der Waals surface area (Å²) in [4.78, 5) is 14.6. The Hall–Kier alpha value is -1.45. The summed E-state index contributed by atoms with van der Waals surface area (Å²) in [6, 6.07) is 0. The third-order valence-corrected chi connectivity index (χ3v) is 8.04. The Bertz CT molecular complexity index is 656. The quantitative estimate of drug-likeness (QED) is 0.723. The average Bonchev–Trinajstić information content (AvgIpc) is 2.75. The van der Waals surface area contributed by atoms with Crippen molar-refractivity contribution in [3.63, 3.8) is 0 Å². The summed E-state index contributed by atoms with van der Waals surface area (Å²) >= 11 is 0. The number of Topliss-reactive ketones (excluding diaryl/α,β-unsaturated/α-hetero) is 1. The van der Waals surface area contributed by atoms with E-state index in [2.05, 4.69) is 0 Å². The van der Waals surface area contributed by atoms with Gasteiger partial charge < -0.3 is 10.2 Å². The molecule has 0 bridgehead atoms. The van der Waals surface area contributed by atoms with Gasteiger partial charge in [0.25, 0.3) is 0 Å². The maximum Gasteiger partial charge on any atom is 0.151 e. The van der Waals surface area contributed by atoms with Crippen LogP contribution in [0, 0.1) is 10.8 Å². The molecule has 152 valence electrons. The third kappa shape index (κ3) is 2.90. The summed E-state index contributed by atoms with van der Waals surface area (Å²) in [5.41, 5.74) is -3.88. The van der Waals surface area contributed by atoms with Crippen molar-refractivity contribution in [1.82, 2.24) is 0 Å². The van der Waals surface area contributed by atoms with Crippen LogP contribution in [0.1, 0.15) is 77.0 Å². The molecule has 0 aromatic rings. The van der Waals surface area contributed by atoms with Crippen LogP contribution in [0.25, 0.3) is 0 Å². The SMILES string of the molecule is O=C(C1(C2(O)C=CC=CC2)CCCCC1)C1(C2(O)C=CC=CC2)CCCCC1. The molecule has 2 atom stereocenters. The molecule has 3 heteroatoms. The van der Waals surface area contributed by atoms with E-state index in [1.165, 1.54) is 0 Å². The highest BCUT2D eigenvalue weighted by atomic mass is 16.3. The number of ketones is 1. The van der Waals surface area contributed by atoms with Crippen molar-refractivity contribution in [2.75, 3.05) is 0 Å². The van der Waals surface area contributed by atoms with Gasteiger partial charge in [0.1, 0.15) is 0 Å². The predicted octanol–water partition coefficient (Wildman–Crippen LogP) is 4.95. The Morgan fingerprint density at radius 1 is 0.607 bits per heavy atom. The second-order valence-electron chi connectivity index (χ2n) is 9.45. The molecule has 3 nitrogen and oxygen atoms in total. The number of carbonyl (C=O) groups is 1. The molecule has 4 aliphatic rings. The Balaban J connectivity index is 1.81. The van der Waals surface area contributed by atoms with Crippen LogP contribution in [-0.4, -0.2) is 27.2 Å². The first-order valence-corrected chi connectivity index (χ1v) is 11.2. The van der Waals surface area contributed by atoms with Gasteiger partial charge in [-0.15, -0.1) is 0 Å². The normalized spacial score (nSPS) is 36.4. The molecule has 0 radical (unpaired) electrons. The zero-order valence-electron chi connectivity index (χ0n) is 16.9. The lowest BCUT2D eigenvalue weighted by atomic mass is 9.48. The fraction of sp³-hybridized carbons (Fsp3) is 0.640. The summed E-state index contributed by atoms with van der Waals surface area (Å²) in [6.07, 6.45) is 25.3. The number of allylic oxidation sites excluding steroid dienone is 4. The van der Waals surface area contributed by atoms with Crippen LogP contribution in [0.3, 0.4) is 0 Å². The predicted molar refractivity (Wildman–Crippen MR) is 112 cm³/mol. The Morgan fingerprint density at radius 2 is 1.00 bits per heavy atom. The second-order valence-corrected chi connectivity index (χ2v) is 9.45. The maximum atomic E-state index is 14.6. The fourth-order valence-electron chi connectivity index (χ4n) is 6.41. The van der Waals surface area contributed by atoms with Crippen molar-refractivity contribution >= 4 is 5.78 Å². The van der Waals surface area contributed by atoms with Crippen molar-refractivity contribution in [1.29, 1.82) is 0 Å². The van der Waals surface area contributed by atoms with Gasteiger partial charge in [0.05, 0.1) is 22.0 Å². The molecule has 2 unspecified atom stereocenters. The number of hydrogen-bond donors (Lipinski definition) is 2. The molecule has 0 aliphatic heterocycles. The minimum absolute atomic E-state index is 0.129. The van der Waals surface area contributed by atoms with Gasteiger partial charge in [-0.25, -0.2) is 0 Å². The van der Waals surface area contributed by atoms with Gasteiger partial charge in [0.15, 0.2) is 5.78 Å². The van der Waals surface area contributed by atoms with Gasteiger partial charge in [0, 0.05) is 0 Å². The van der Waals surface area contributed by atoms with Crippen LogP contribution in [0.15, 0.2) is 48.6 Å². The zero-order valence-corrected chi connectivity index (χ0v) is 16.9. The van der Waals surface area contributed by atoms with E-state index in [9.17, 15) is 15.0 Å². The Kier molecular flexibility index (Phi) is 5.26. The molecule has 2 saturated carbocycles. The van der Waals surface area contributed by atoms with Crippen molar-refractivity contribution in [3.05, 3.63) is 48.6 Å². The molecule has 0 amide bonds. The van der Waals surface area contributed by atoms with Gasteiger partial charge in [-0.1, -0.05) is 87.1 Å². The average molecular weight is 383 g/mol. The van der Waals surface area contributed by atoms with Crippen molar-refractivity contribution in [3.8, 4) is 0 Å². The minimum atomic E-state index is -1.14. The van der Waals surface area contributed by atoms with Crippen LogP contribution in [-0.2, 0) is 4.79 Å². The van der Waals surface area contributed by atoms with E-state index < -0.39 is 22.0 Å². The molecule has 0 heterocycles. The van der Waals surface area contributed by atoms with Crippen molar-refractivity contribution < 1.29 is 15.0 Å². The molecule has 0 aromatic heterocycles. The Morgan fingerprint density at radius 3 is 1.32 bits per heavy atom. The number of carbonyl (C=O) groups excluding carboxylic acids is 1. The molecular formula is C25H34O3. The summed E-state index contributed by atoms with van der Waals surface area (Å²) in [7, 11) is 0. The molecular weight excluding hydrogens is 348 g/mol. The van der Waals surface area contributed by atoms with Gasteiger partial charge in [-0.2, -0.15) is 0 Å². The van der Waals surface area contributed by atoms with Crippen LogP contribution in [0.2, 0.25) is 0 Å². The molecule has 0 aromatic carbocycles. The summed E-state index contributed by atoms with van der Waals surface area (Å²) < 4.78 is 0. The highest BCUT2D eigenvalue weighted by molar-refractivity contribution is 5.93. The first kappa shape index (κ1) is 19.8. The van der Waals surface area contributed by atoms with E-state index in [1.54, 1.807) is 0 Å². The van der Waals surface area contributed by atoms with E-state index in [0.29, 0.717) is 12.8 Å². The summed E-state index contributed by atoms with van der Waals surface area (Å²) in [6.45, 7) is 0. The van der Waals surface area contributed by atoms with Gasteiger partial charge in [-0.05, 0) is 38.5 Å². The van der Waals surface area contributed by atoms with Gasteiger partial charge in [-0.3, -0.25) is 4.79 Å². The molecule has 0 spiro atoms. The largest absolute Gasteiger partial charge is 0.384 e. The lowest BCUT2D eigenvalue weighted by molar-refractivity contribution is -0.175. The van der Waals surface area contributed by atoms with Gasteiger partial charge >= 0.3 is 0 Å². The topological polar surface area (TPSA) is 57.5 Å². The molecule has 4 rings (SSSR count). The zero-order chi connectivity index (χ0) is 19.7. The van der Waals surface area contributed by atoms with Crippen molar-refractivity contribution in [2.24, 2.45) is 10.8 Å². The van der Waals surface area contributed by atoms with E-state index >= 15 is 0 Å². The van der Waals surface area contributed by atoms with Crippen LogP contribution < -0.4 is 0 Å². The fourth-order valence-corrected chi connectivity index (χ4v) is 6.41. The molecule has 0 saturated heterocycles. The highest BCUT2D eigenvalue weighted by Crippen LogP contribution is 2.58. The standard InChI is InChI=1S/C25H34O3/c26-21(22(13-5-1-6-14-22)24(27)17-9-3-10-18-24)23(15-7-2-8-16-23)25(28)19-11-4-12-20-25/h3-4,9-12,17,19,27-28H,1-2,5-8,13-16,18,20H2. The maximum absolute atomic E-state index is 14.6. The monoisotopic (exact) mass is 382 g/mol. The van der Waals surface area contributed by atoms with Crippen LogP contribution in [0.4, 0.5) is 0 Å². The molecule has 2 N–H and O–H groups in total. The first-order valence-electron chi connectivity index (χ1n) is 11.2. The van der Waals surface area contributed by atoms with Crippen molar-refractivity contribution in [2.45, 2.75) is 88.3 Å². The smallest absolute Gasteiger partial charge is 0.151 e. The molecule has 4 aliphatic carbocycles. The molecule has 2 fully saturated rings. The molecule has 28 heavy (non-hydrogen) atoms. The summed E-state index contributed by atoms with van der Waals surface area (Å²) in [5, 5.41) is 23.5. The van der Waals surface area contributed by atoms with E-state index in [0.717, 1.165) is 64.2 Å². The first-order chi connectivity index (χ1) is 13.5. The van der Waals surface area contributed by atoms with Crippen LogP contribution >= 0.6 is 0 Å². The van der Waals surface area contributed by atoms with E-state index in [4.69, 9.17) is 0 Å². The third-order valence-electron chi connectivity index (χ3n) is 8.04. The lowest BCUT2D eigenvalue weighted by Gasteiger charge is -2.56. The number of aliphatic hydroxyl groups is 2. The summed E-state index contributed by atoms with van der Waals surface area (Å²) in [5.74, 6) is 0.129. The second kappa shape index (κ2) is 7.42. The van der Waals surface area contributed by atoms with Crippen LogP contribution in [0.5, 0.6) is 0 Å². The minimum Gasteiger partial charge on any atom is -0.384 e. The Labute approximate surface area is 168 Å². The van der Waals surface area contributed by atoms with E-state index in [1.807, 2.05) is 48.6 Å². The van der Waals surface area contributed by atoms with E-state index in [-0.39, 0.29) is 5.78 Å². The van der Waals surface area contributed by atoms with Gasteiger partial charge in [0.2, 0.25) is 0 Å². The number of hydrogen-bond acceptors (Lipinski definition) is 3. The lowest BCUT2D eigenvalue weighted by Crippen LogP contribution is -2.64. The number of rotatable bonds is 4. The highest BCUT2D eigenvalue weighted by Gasteiger charge is 2.64.